The van der Waals surface area contributed by atoms with E-state index in [0.717, 1.165) is 29.9 Å². The minimum Gasteiger partial charge on any atom is -0.311 e. The van der Waals surface area contributed by atoms with E-state index in [4.69, 9.17) is 0 Å². The lowest BCUT2D eigenvalue weighted by Gasteiger charge is -2.26. The highest BCUT2D eigenvalue weighted by atomic mass is 15.1. The lowest BCUT2D eigenvalue weighted by atomic mass is 9.98. The molecule has 0 aliphatic heterocycles. The topological polar surface area (TPSA) is 13.1 Å². The smallest absolute Gasteiger partial charge is 0.0541 e. The maximum Gasteiger partial charge on any atom is 0.0541 e. The molecule has 0 amide bonds. The Balaban J connectivity index is 0.747. The van der Waals surface area contributed by atoms with E-state index in [1.54, 1.807) is 0 Å². The monoisotopic (exact) mass is 957 g/mol. The summed E-state index contributed by atoms with van der Waals surface area (Å²) in [6.45, 7) is 0. The molecule has 3 nitrogen and oxygen atoms in total. The van der Waals surface area contributed by atoms with E-state index in [-0.39, 0.29) is 0 Å². The van der Waals surface area contributed by atoms with Crippen molar-refractivity contribution in [2.24, 2.45) is 0 Å². The van der Waals surface area contributed by atoms with Crippen LogP contribution in [0.25, 0.3) is 111 Å². The van der Waals surface area contributed by atoms with E-state index in [1.807, 2.05) is 0 Å². The second kappa shape index (κ2) is 18.7. The van der Waals surface area contributed by atoms with Gasteiger partial charge in [0.25, 0.3) is 0 Å². The van der Waals surface area contributed by atoms with Gasteiger partial charge in [-0.25, -0.2) is 0 Å². The van der Waals surface area contributed by atoms with Crippen molar-refractivity contribution in [2.45, 2.75) is 12.8 Å². The largest absolute Gasteiger partial charge is 0.311 e. The average Bonchev–Trinajstić information content (AvgIpc) is 4.03. The number of nitrogens with zero attached hydrogens (tertiary/aromatic N) is 3. The van der Waals surface area contributed by atoms with Crippen molar-refractivity contribution in [3.05, 3.63) is 285 Å². The predicted molar refractivity (Wildman–Crippen MR) is 318 cm³/mol. The standard InChI is InChI=1S/C72H51N3/c1-4-14-50(15-5-1)53-32-40-62(41-33-53)73(63-42-34-54(35-43-63)51-24-28-56(29-25-51)58-38-46-71-67(48-58)65-20-10-12-22-69(65)74(71)60-16-6-2-7-17-60)64-44-36-55(37-45-64)52-26-30-57(31-27-52)59-39-47-72-68(49-59)66-21-11-13-23-70(66)75(72)61-18-8-3-9-19-61/h1-2,4-8,10-49H,3,9H2. The third kappa shape index (κ3) is 8.03. The van der Waals surface area contributed by atoms with Gasteiger partial charge >= 0.3 is 0 Å². The molecule has 11 aromatic carbocycles. The molecule has 0 fully saturated rings. The Morgan fingerprint density at radius 2 is 0.613 bits per heavy atom. The zero-order valence-corrected chi connectivity index (χ0v) is 41.4. The number of allylic oxidation sites excluding steroid dienone is 4. The summed E-state index contributed by atoms with van der Waals surface area (Å²) in [5, 5.41) is 5.07. The van der Waals surface area contributed by atoms with Gasteiger partial charge in [-0.2, -0.15) is 0 Å². The van der Waals surface area contributed by atoms with E-state index in [1.165, 1.54) is 111 Å². The van der Waals surface area contributed by atoms with Crippen LogP contribution in [-0.2, 0) is 0 Å². The molecule has 1 aliphatic carbocycles. The van der Waals surface area contributed by atoms with Gasteiger partial charge < -0.3 is 14.0 Å². The van der Waals surface area contributed by atoms with Gasteiger partial charge in [0.2, 0.25) is 0 Å². The summed E-state index contributed by atoms with van der Waals surface area (Å²) in [6.07, 6.45) is 9.08. The van der Waals surface area contributed by atoms with Gasteiger partial charge in [-0.15, -0.1) is 0 Å². The van der Waals surface area contributed by atoms with E-state index >= 15 is 0 Å². The number of anilines is 3. The Morgan fingerprint density at radius 1 is 0.267 bits per heavy atom. The summed E-state index contributed by atoms with van der Waals surface area (Å²) >= 11 is 0. The van der Waals surface area contributed by atoms with Crippen molar-refractivity contribution < 1.29 is 0 Å². The van der Waals surface area contributed by atoms with E-state index in [0.29, 0.717) is 0 Å². The lowest BCUT2D eigenvalue weighted by Crippen LogP contribution is -2.09. The van der Waals surface area contributed by atoms with Gasteiger partial charge in [-0.3, -0.25) is 0 Å². The fourth-order valence-corrected chi connectivity index (χ4v) is 11.4. The van der Waals surface area contributed by atoms with Crippen LogP contribution in [0, 0.1) is 0 Å². The van der Waals surface area contributed by atoms with Crippen LogP contribution in [0.4, 0.5) is 17.1 Å². The fraction of sp³-hybridized carbons (Fsp3) is 0.0278. The minimum atomic E-state index is 1.07. The summed E-state index contributed by atoms with van der Waals surface area (Å²) in [5.74, 6) is 0. The summed E-state index contributed by atoms with van der Waals surface area (Å²) in [7, 11) is 0. The molecule has 3 heteroatoms. The fourth-order valence-electron chi connectivity index (χ4n) is 11.4. The van der Waals surface area contributed by atoms with E-state index in [2.05, 4.69) is 299 Å². The van der Waals surface area contributed by atoms with Gasteiger partial charge in [0.1, 0.15) is 0 Å². The Labute approximate surface area is 437 Å². The molecule has 354 valence electrons. The van der Waals surface area contributed by atoms with E-state index < -0.39 is 0 Å². The van der Waals surface area contributed by atoms with Gasteiger partial charge in [0, 0.05) is 50.0 Å². The number of hydrogen-bond acceptors (Lipinski definition) is 1. The molecular formula is C72H51N3. The quantitative estimate of drug-likeness (QED) is 0.133. The highest BCUT2D eigenvalue weighted by Gasteiger charge is 2.18. The van der Waals surface area contributed by atoms with Crippen LogP contribution in [0.1, 0.15) is 12.8 Å². The van der Waals surface area contributed by atoms with Crippen molar-refractivity contribution in [2.75, 3.05) is 4.90 Å². The highest BCUT2D eigenvalue weighted by molar-refractivity contribution is 6.12. The predicted octanol–water partition coefficient (Wildman–Crippen LogP) is 19.9. The third-order valence-electron chi connectivity index (χ3n) is 15.2. The number of aromatic nitrogens is 2. The van der Waals surface area contributed by atoms with Crippen LogP contribution >= 0.6 is 0 Å². The van der Waals surface area contributed by atoms with Gasteiger partial charge in [-0.05, 0) is 159 Å². The molecule has 0 atom stereocenters. The first-order valence-corrected chi connectivity index (χ1v) is 26.0. The highest BCUT2D eigenvalue weighted by Crippen LogP contribution is 2.41. The number of fused-ring (bicyclic) bond motifs is 6. The molecule has 0 unspecified atom stereocenters. The van der Waals surface area contributed by atoms with Crippen LogP contribution in [0.3, 0.4) is 0 Å². The van der Waals surface area contributed by atoms with Crippen molar-refractivity contribution in [1.82, 2.24) is 9.13 Å². The first kappa shape index (κ1) is 44.0. The molecule has 2 aromatic heterocycles. The Morgan fingerprint density at radius 3 is 1.07 bits per heavy atom. The van der Waals surface area contributed by atoms with Crippen molar-refractivity contribution in [1.29, 1.82) is 0 Å². The second-order valence-electron chi connectivity index (χ2n) is 19.6. The molecule has 1 aliphatic rings. The molecule has 0 bridgehead atoms. The van der Waals surface area contributed by atoms with Crippen LogP contribution in [0.2, 0.25) is 0 Å². The molecule has 0 N–H and O–H groups in total. The number of rotatable bonds is 10. The van der Waals surface area contributed by atoms with Crippen LogP contribution in [-0.4, -0.2) is 9.13 Å². The van der Waals surface area contributed by atoms with E-state index in [9.17, 15) is 0 Å². The molecule has 0 spiro atoms. The summed E-state index contributed by atoms with van der Waals surface area (Å²) in [4.78, 5) is 2.35. The van der Waals surface area contributed by atoms with Crippen LogP contribution in [0.5, 0.6) is 0 Å². The van der Waals surface area contributed by atoms with Gasteiger partial charge in [-0.1, -0.05) is 194 Å². The third-order valence-corrected chi connectivity index (χ3v) is 15.2. The maximum atomic E-state index is 2.42. The second-order valence-corrected chi connectivity index (χ2v) is 19.6. The van der Waals surface area contributed by atoms with Crippen LogP contribution < -0.4 is 4.90 Å². The van der Waals surface area contributed by atoms with Gasteiger partial charge in [0.15, 0.2) is 0 Å². The molecule has 2 heterocycles. The average molecular weight is 958 g/mol. The summed E-state index contributed by atoms with van der Waals surface area (Å²) < 4.78 is 4.79. The zero-order chi connectivity index (χ0) is 49.7. The Bertz CT molecular complexity index is 4270. The molecule has 75 heavy (non-hydrogen) atoms. The molecule has 0 saturated heterocycles. The van der Waals surface area contributed by atoms with Gasteiger partial charge in [0.05, 0.1) is 22.1 Å². The SMILES string of the molecule is C1=CC(n2c3ccccc3c3cc(-c4ccc(-c5ccc(N(c6ccc(-c7ccccc7)cc6)c6ccc(-c7ccc(-c8ccc9c(c8)c8ccccc8n9-c8ccccc8)cc7)cc6)cc5)cc4)ccc32)=CCC1. The Kier molecular flexibility index (Phi) is 11.0. The number of benzene rings is 11. The molecule has 13 aromatic rings. The molecule has 14 rings (SSSR count). The maximum absolute atomic E-state index is 2.42. The number of hydrogen-bond donors (Lipinski definition) is 0. The Hall–Kier alpha value is -9.70. The van der Waals surface area contributed by atoms with Crippen molar-refractivity contribution in [3.8, 4) is 61.3 Å². The normalized spacial score (nSPS) is 12.5. The first-order valence-electron chi connectivity index (χ1n) is 26.0. The minimum absolute atomic E-state index is 1.07. The number of para-hydroxylation sites is 3. The molecule has 0 radical (unpaired) electrons. The molecule has 0 saturated carbocycles. The summed E-state index contributed by atoms with van der Waals surface area (Å²) in [6, 6.07) is 97.5. The zero-order valence-electron chi connectivity index (χ0n) is 41.4. The first-order chi connectivity index (χ1) is 37.2. The lowest BCUT2D eigenvalue weighted by molar-refractivity contribution is 1.02. The van der Waals surface area contributed by atoms with Crippen molar-refractivity contribution in [3.63, 3.8) is 0 Å². The molecular weight excluding hydrogens is 907 g/mol. The van der Waals surface area contributed by atoms with Crippen LogP contribution in [0.15, 0.2) is 285 Å². The summed E-state index contributed by atoms with van der Waals surface area (Å²) in [5.41, 5.74) is 22.6. The van der Waals surface area contributed by atoms with Crippen molar-refractivity contribution >= 4 is 66.4 Å².